The highest BCUT2D eigenvalue weighted by Gasteiger charge is 2.59. The predicted molar refractivity (Wildman–Crippen MR) is 227 cm³/mol. The maximum absolute atomic E-state index is 11.3. The Morgan fingerprint density at radius 2 is 0.395 bits per heavy atom. The average molecular weight is 1120 g/mol. The Bertz CT molecular complexity index is 1790. The van der Waals surface area contributed by atoms with Crippen LogP contribution in [0.3, 0.4) is 0 Å². The van der Waals surface area contributed by atoms with Crippen LogP contribution in [0.4, 0.5) is 0 Å². The molecule has 0 aliphatic carbocycles. The number of rotatable bonds is 7. The van der Waals surface area contributed by atoms with Gasteiger partial charge in [0.1, 0.15) is 159 Å². The van der Waals surface area contributed by atoms with Crippen LogP contribution in [-0.2, 0) is 66.3 Å². The molecule has 0 spiro atoms. The van der Waals surface area contributed by atoms with Crippen LogP contribution in [-0.4, -0.2) is 357 Å². The van der Waals surface area contributed by atoms with E-state index in [0.717, 1.165) is 0 Å². The normalized spacial score (nSPS) is 54.9. The van der Waals surface area contributed by atoms with Crippen LogP contribution in [0, 0.1) is 0 Å². The first kappa shape index (κ1) is 60.7. The smallest absolute Gasteiger partial charge is 0.187 e. The van der Waals surface area contributed by atoms with E-state index in [1.807, 2.05) is 0 Å². The van der Waals surface area contributed by atoms with E-state index < -0.39 is 262 Å². The summed E-state index contributed by atoms with van der Waals surface area (Å²) in [4.78, 5) is 0. The number of aliphatic hydroxyl groups excluding tert-OH is 20. The van der Waals surface area contributed by atoms with Crippen molar-refractivity contribution in [2.75, 3.05) is 46.2 Å². The fourth-order valence-electron chi connectivity index (χ4n) is 10.4. The van der Waals surface area contributed by atoms with E-state index in [1.165, 1.54) is 0 Å². The molecule has 0 aromatic heterocycles. The van der Waals surface area contributed by atoms with Crippen molar-refractivity contribution in [1.29, 1.82) is 0 Å². The molecule has 13 unspecified atom stereocenters. The molecule has 0 radical (unpaired) electrons. The lowest BCUT2D eigenvalue weighted by Crippen LogP contribution is -2.68. The highest BCUT2D eigenvalue weighted by atomic mass is 16.8. The van der Waals surface area contributed by atoms with Crippen molar-refractivity contribution in [3.63, 3.8) is 0 Å². The summed E-state index contributed by atoms with van der Waals surface area (Å²) >= 11 is 0. The van der Waals surface area contributed by atoms with E-state index >= 15 is 0 Å². The minimum Gasteiger partial charge on any atom is -0.394 e. The van der Waals surface area contributed by atoms with Crippen molar-refractivity contribution in [2.45, 2.75) is 215 Å². The number of hydrogen-bond acceptors (Lipinski definition) is 34. The second-order valence-corrected chi connectivity index (χ2v) is 19.5. The van der Waals surface area contributed by atoms with Crippen molar-refractivity contribution < 1.29 is 168 Å². The van der Waals surface area contributed by atoms with Crippen LogP contribution in [0.2, 0.25) is 0 Å². The lowest BCUT2D eigenvalue weighted by molar-refractivity contribution is -0.396. The van der Waals surface area contributed by atoms with Gasteiger partial charge in [0.2, 0.25) is 0 Å². The first-order chi connectivity index (χ1) is 36.2. The van der Waals surface area contributed by atoms with E-state index in [4.69, 9.17) is 66.3 Å². The Kier molecular flexibility index (Phi) is 20.6. The molecule has 0 aromatic carbocycles. The first-order valence-electron chi connectivity index (χ1n) is 24.5. The maximum Gasteiger partial charge on any atom is 0.187 e. The first-order valence-corrected chi connectivity index (χ1v) is 24.5. The van der Waals surface area contributed by atoms with Crippen LogP contribution in [0.1, 0.15) is 6.42 Å². The van der Waals surface area contributed by atoms with Crippen molar-refractivity contribution in [1.82, 2.24) is 0 Å². The Morgan fingerprint density at radius 3 is 0.605 bits per heavy atom. The highest BCUT2D eigenvalue weighted by Crippen LogP contribution is 2.38. The molecular weight excluding hydrogens is 1050 g/mol. The molecule has 20 N–H and O–H groups in total. The average Bonchev–Trinajstić information content (AvgIpc) is 3.42. The zero-order chi connectivity index (χ0) is 55.2. The second-order valence-electron chi connectivity index (χ2n) is 19.5. The highest BCUT2D eigenvalue weighted by molar-refractivity contribution is 5.01. The van der Waals surface area contributed by atoms with Crippen LogP contribution in [0.5, 0.6) is 0 Å². The van der Waals surface area contributed by atoms with Crippen LogP contribution in [0.15, 0.2) is 0 Å². The van der Waals surface area contributed by atoms with Crippen LogP contribution in [0.25, 0.3) is 0 Å². The Balaban J connectivity index is 1.07. The summed E-state index contributed by atoms with van der Waals surface area (Å²) in [5, 5.41) is 219. The minimum atomic E-state index is -2.19. The minimum absolute atomic E-state index is 0.550. The van der Waals surface area contributed by atoms with E-state index in [2.05, 4.69) is 0 Å². The molecule has 76 heavy (non-hydrogen) atoms. The fourth-order valence-corrected chi connectivity index (χ4v) is 10.4. The molecule has 14 bridgehead atoms. The summed E-state index contributed by atoms with van der Waals surface area (Å²) in [6.45, 7) is -6.99. The summed E-state index contributed by atoms with van der Waals surface area (Å²) in [6, 6.07) is 0. The molecule has 21 aliphatic heterocycles. The van der Waals surface area contributed by atoms with Gasteiger partial charge in [-0.15, -0.1) is 0 Å². The van der Waals surface area contributed by atoms with Crippen molar-refractivity contribution >= 4 is 0 Å². The van der Waals surface area contributed by atoms with Gasteiger partial charge in [0, 0.05) is 6.42 Å². The topological polar surface area (TPSA) is 534 Å². The van der Waals surface area contributed by atoms with Crippen molar-refractivity contribution in [3.05, 3.63) is 0 Å². The summed E-state index contributed by atoms with van der Waals surface area (Å²) in [6.07, 6.45) is -65.7. The number of hydrogen-bond donors (Lipinski definition) is 20. The van der Waals surface area contributed by atoms with Crippen molar-refractivity contribution in [2.24, 2.45) is 0 Å². The lowest BCUT2D eigenvalue weighted by atomic mass is 9.95. The van der Waals surface area contributed by atoms with Crippen LogP contribution < -0.4 is 0 Å². The molecule has 21 rings (SSSR count). The maximum atomic E-state index is 11.3. The number of aliphatic hydroxyl groups is 20. The van der Waals surface area contributed by atoms with Gasteiger partial charge in [-0.2, -0.15) is 0 Å². The van der Waals surface area contributed by atoms with Crippen LogP contribution >= 0.6 is 0 Å². The van der Waals surface area contributed by atoms with Gasteiger partial charge in [0.15, 0.2) is 44.0 Å². The quantitative estimate of drug-likeness (QED) is 0.113. The molecule has 34 heteroatoms. The Hall–Kier alpha value is -1.36. The fraction of sp³-hybridized carbons (Fsp3) is 1.00. The largest absolute Gasteiger partial charge is 0.394 e. The molecule has 0 aromatic rings. The van der Waals surface area contributed by atoms with Gasteiger partial charge >= 0.3 is 0 Å². The molecule has 21 aliphatic rings. The molecule has 21 heterocycles. The molecule has 21 saturated heterocycles. The Morgan fingerprint density at radius 1 is 0.211 bits per heavy atom. The second kappa shape index (κ2) is 25.8. The SMILES string of the molecule is OCC1O[C@H]2C[C@@H](O)[C@@H]1O[C@@H]1OC(CO)[C@@H](O[C@@H]3OC(CO)[C@@H](O[C@@H]4OC(CO)[C@@H](O[C@H]5OC(CO)[C@@H](O[C@@H]6OC(CO)[C@@H](O[C@@H]7OC(CO)[C@@H](O2)[C@H](O)C7O)[C@H](O)C6O)[C@H](O)C5O)[C@H](O)C4O)[C@H](O)C3O)[C@H](O)C1O. The molecule has 34 nitrogen and oxygen atoms in total. The van der Waals surface area contributed by atoms with Gasteiger partial charge in [0.25, 0.3) is 0 Å². The summed E-state index contributed by atoms with van der Waals surface area (Å²) in [7, 11) is 0. The van der Waals surface area contributed by atoms with Gasteiger partial charge in [-0.05, 0) is 0 Å². The van der Waals surface area contributed by atoms with Gasteiger partial charge in [-0.3, -0.25) is 0 Å². The van der Waals surface area contributed by atoms with Gasteiger partial charge in [0.05, 0.1) is 52.4 Å². The third-order valence-corrected chi connectivity index (χ3v) is 14.7. The van der Waals surface area contributed by atoms with E-state index in [1.54, 1.807) is 0 Å². The lowest BCUT2D eigenvalue weighted by Gasteiger charge is -2.50. The van der Waals surface area contributed by atoms with Gasteiger partial charge in [-0.25, -0.2) is 0 Å². The van der Waals surface area contributed by atoms with E-state index in [9.17, 15) is 102 Å². The predicted octanol–water partition coefficient (Wildman–Crippen LogP) is -14.2. The molecule has 21 fully saturated rings. The molecule has 34 atom stereocenters. The molecule has 0 saturated carbocycles. The molecule has 0 amide bonds. The van der Waals surface area contributed by atoms with Gasteiger partial charge in [-0.1, -0.05) is 0 Å². The third kappa shape index (κ3) is 11.9. The summed E-state index contributed by atoms with van der Waals surface area (Å²) < 4.78 is 80.0. The summed E-state index contributed by atoms with van der Waals surface area (Å²) in [5.41, 5.74) is 0. The standard InChI is InChI=1S/C42H70O34/c43-2-10-30-9(50)1-17(63-10)70-31-11(3-44)64-38(24(57)18(31)51)72-33-13(5-46)66-40(26(59)20(33)53)74-35-15(7-48)68-42(28(61)22(35)55)76-36-16(8-49)69-41(29(62)23(36)56)75-34-14(6-47)67-39(27(60)21(34)54)73-32-12(4-45)65-37(71-30)25(58)19(32)52/h9-62H,1-8H2/t9-,10?,11?,12?,13?,14?,15?,16?,17-,18-,19-,20-,21-,22-,23-,24?,25?,26?,27?,28?,29?,30+,31-,32-,33-,34-,35-,36-,37+,38+,39+,40+,41+,42-/m1/s1. The molecule has 442 valence electrons. The monoisotopic (exact) mass is 1120 g/mol. The summed E-state index contributed by atoms with van der Waals surface area (Å²) in [5.74, 6) is 0. The van der Waals surface area contributed by atoms with Crippen molar-refractivity contribution in [3.8, 4) is 0 Å². The zero-order valence-corrected chi connectivity index (χ0v) is 39.9. The van der Waals surface area contributed by atoms with E-state index in [-0.39, 0.29) is 0 Å². The zero-order valence-electron chi connectivity index (χ0n) is 39.9. The molecular formula is C42H70O34. The number of ether oxygens (including phenoxy) is 14. The van der Waals surface area contributed by atoms with E-state index in [0.29, 0.717) is 0 Å². The van der Waals surface area contributed by atoms with Gasteiger partial charge < -0.3 is 168 Å². The Labute approximate surface area is 429 Å². The third-order valence-electron chi connectivity index (χ3n) is 14.7.